The highest BCUT2D eigenvalue weighted by molar-refractivity contribution is 5.97. The Bertz CT molecular complexity index is 962. The highest BCUT2D eigenvalue weighted by Gasteiger charge is 2.21. The van der Waals surface area contributed by atoms with Gasteiger partial charge in [-0.25, -0.2) is 4.98 Å². The van der Waals surface area contributed by atoms with Gasteiger partial charge in [0.1, 0.15) is 11.7 Å². The van der Waals surface area contributed by atoms with Crippen LogP contribution in [0.5, 0.6) is 0 Å². The van der Waals surface area contributed by atoms with Crippen molar-refractivity contribution in [2.24, 2.45) is 5.73 Å². The Labute approximate surface area is 152 Å². The lowest BCUT2D eigenvalue weighted by molar-refractivity contribution is -0.119. The van der Waals surface area contributed by atoms with Gasteiger partial charge in [-0.05, 0) is 42.7 Å². The van der Waals surface area contributed by atoms with Crippen molar-refractivity contribution in [1.29, 1.82) is 0 Å². The molecule has 3 N–H and O–H groups in total. The molecule has 5 nitrogen and oxygen atoms in total. The molecular weight excluding hydrogens is 326 g/mol. The molecule has 0 spiro atoms. The first kappa shape index (κ1) is 17.6. The van der Waals surface area contributed by atoms with Gasteiger partial charge >= 0.3 is 0 Å². The minimum atomic E-state index is -0.796. The van der Waals surface area contributed by atoms with E-state index in [1.54, 1.807) is 6.07 Å². The Hall–Kier alpha value is -3.21. The lowest BCUT2D eigenvalue weighted by Crippen LogP contribution is -2.46. The van der Waals surface area contributed by atoms with Gasteiger partial charge in [0, 0.05) is 11.8 Å². The molecule has 0 saturated heterocycles. The molecule has 132 valence electrons. The molecule has 0 aliphatic rings. The van der Waals surface area contributed by atoms with E-state index in [2.05, 4.69) is 10.3 Å². The van der Waals surface area contributed by atoms with E-state index in [-0.39, 0.29) is 5.69 Å². The number of hydrogen-bond donors (Lipinski definition) is 2. The van der Waals surface area contributed by atoms with Gasteiger partial charge in [0.05, 0.1) is 5.52 Å². The number of carbonyl (C=O) groups is 2. The molecule has 5 heteroatoms. The van der Waals surface area contributed by atoms with Crippen molar-refractivity contribution in [2.45, 2.75) is 26.3 Å². The summed E-state index contributed by atoms with van der Waals surface area (Å²) in [6, 6.07) is 16.2. The predicted octanol–water partition coefficient (Wildman–Crippen LogP) is 2.68. The Balaban J connectivity index is 1.83. The van der Waals surface area contributed by atoms with Crippen LogP contribution in [0.25, 0.3) is 10.9 Å². The minimum Gasteiger partial charge on any atom is -0.368 e. The van der Waals surface area contributed by atoms with Crippen molar-refractivity contribution in [3.8, 4) is 0 Å². The summed E-state index contributed by atoms with van der Waals surface area (Å²) in [5.74, 6) is -0.979. The molecule has 2 amide bonds. The predicted molar refractivity (Wildman–Crippen MR) is 102 cm³/mol. The third-order valence-electron chi connectivity index (χ3n) is 4.53. The molecule has 1 atom stereocenters. The SMILES string of the molecule is Cc1cccc(C)c1C[C@@H](NC(=O)c1ccc2ccccc2n1)C(N)=O. The molecule has 0 aliphatic heterocycles. The van der Waals surface area contributed by atoms with Gasteiger partial charge < -0.3 is 11.1 Å². The third kappa shape index (κ3) is 3.72. The Morgan fingerprint density at radius 2 is 1.69 bits per heavy atom. The van der Waals surface area contributed by atoms with Crippen molar-refractivity contribution in [2.75, 3.05) is 0 Å². The second kappa shape index (κ2) is 7.35. The zero-order valence-electron chi connectivity index (χ0n) is 14.8. The number of amides is 2. The van der Waals surface area contributed by atoms with Gasteiger partial charge in [-0.15, -0.1) is 0 Å². The highest BCUT2D eigenvalue weighted by Crippen LogP contribution is 2.16. The lowest BCUT2D eigenvalue weighted by atomic mass is 9.96. The summed E-state index contributed by atoms with van der Waals surface area (Å²) < 4.78 is 0. The number of hydrogen-bond acceptors (Lipinski definition) is 3. The first-order valence-electron chi connectivity index (χ1n) is 8.47. The molecular formula is C21H21N3O2. The molecule has 1 aromatic heterocycles. The maximum atomic E-state index is 12.6. The number of aromatic nitrogens is 1. The zero-order chi connectivity index (χ0) is 18.7. The third-order valence-corrected chi connectivity index (χ3v) is 4.53. The summed E-state index contributed by atoms with van der Waals surface area (Å²) in [6.45, 7) is 3.96. The maximum Gasteiger partial charge on any atom is 0.270 e. The van der Waals surface area contributed by atoms with Crippen molar-refractivity contribution in [1.82, 2.24) is 10.3 Å². The summed E-state index contributed by atoms with van der Waals surface area (Å²) in [5, 5.41) is 3.67. The van der Waals surface area contributed by atoms with Crippen LogP contribution in [0.4, 0.5) is 0 Å². The molecule has 0 bridgehead atoms. The number of nitrogens with zero attached hydrogens (tertiary/aromatic N) is 1. The van der Waals surface area contributed by atoms with Crippen LogP contribution in [0.3, 0.4) is 0 Å². The topological polar surface area (TPSA) is 85.1 Å². The average molecular weight is 347 g/mol. The number of pyridine rings is 1. The van der Waals surface area contributed by atoms with Crippen LogP contribution in [0.2, 0.25) is 0 Å². The van der Waals surface area contributed by atoms with Crippen LogP contribution in [0, 0.1) is 13.8 Å². The Kier molecular flexibility index (Phi) is 4.98. The monoisotopic (exact) mass is 347 g/mol. The zero-order valence-corrected chi connectivity index (χ0v) is 14.8. The number of carbonyl (C=O) groups excluding carboxylic acids is 2. The molecule has 0 radical (unpaired) electrons. The molecule has 3 aromatic rings. The standard InChI is InChI=1S/C21H21N3O2/c1-13-6-5-7-14(2)16(13)12-19(20(22)25)24-21(26)18-11-10-15-8-3-4-9-17(15)23-18/h3-11,19H,12H2,1-2H3,(H2,22,25)(H,24,26)/t19-/m1/s1. The van der Waals surface area contributed by atoms with E-state index in [1.807, 2.05) is 62.4 Å². The maximum absolute atomic E-state index is 12.6. The number of benzene rings is 2. The quantitative estimate of drug-likeness (QED) is 0.744. The number of nitrogens with one attached hydrogen (secondary N) is 1. The molecule has 0 aliphatic carbocycles. The number of para-hydroxylation sites is 1. The van der Waals surface area contributed by atoms with Gasteiger partial charge in [0.2, 0.25) is 5.91 Å². The summed E-state index contributed by atoms with van der Waals surface area (Å²) in [4.78, 5) is 28.8. The van der Waals surface area contributed by atoms with Crippen LogP contribution in [0.15, 0.2) is 54.6 Å². The van der Waals surface area contributed by atoms with Crippen molar-refractivity contribution in [3.63, 3.8) is 0 Å². The summed E-state index contributed by atoms with van der Waals surface area (Å²) in [7, 11) is 0. The number of rotatable bonds is 5. The van der Waals surface area contributed by atoms with Gasteiger partial charge in [0.25, 0.3) is 5.91 Å². The first-order chi connectivity index (χ1) is 12.5. The van der Waals surface area contributed by atoms with Gasteiger partial charge in [-0.1, -0.05) is 42.5 Å². The van der Waals surface area contributed by atoms with Crippen molar-refractivity contribution < 1.29 is 9.59 Å². The van der Waals surface area contributed by atoms with E-state index in [1.165, 1.54) is 0 Å². The van der Waals surface area contributed by atoms with E-state index < -0.39 is 17.9 Å². The highest BCUT2D eigenvalue weighted by atomic mass is 16.2. The van der Waals surface area contributed by atoms with Crippen LogP contribution >= 0.6 is 0 Å². The second-order valence-corrected chi connectivity index (χ2v) is 6.39. The first-order valence-corrected chi connectivity index (χ1v) is 8.47. The lowest BCUT2D eigenvalue weighted by Gasteiger charge is -2.18. The van der Waals surface area contributed by atoms with Gasteiger partial charge in [-0.2, -0.15) is 0 Å². The largest absolute Gasteiger partial charge is 0.368 e. The molecule has 0 saturated carbocycles. The van der Waals surface area contributed by atoms with Crippen molar-refractivity contribution >= 4 is 22.7 Å². The molecule has 2 aromatic carbocycles. The van der Waals surface area contributed by atoms with E-state index in [0.717, 1.165) is 27.6 Å². The van der Waals surface area contributed by atoms with Crippen LogP contribution in [-0.2, 0) is 11.2 Å². The van der Waals surface area contributed by atoms with E-state index in [9.17, 15) is 9.59 Å². The number of fused-ring (bicyclic) bond motifs is 1. The van der Waals surface area contributed by atoms with Crippen LogP contribution in [0.1, 0.15) is 27.2 Å². The van der Waals surface area contributed by atoms with Crippen molar-refractivity contribution in [3.05, 3.63) is 77.0 Å². The van der Waals surface area contributed by atoms with Crippen LogP contribution < -0.4 is 11.1 Å². The molecule has 1 heterocycles. The van der Waals surface area contributed by atoms with Gasteiger partial charge in [0.15, 0.2) is 0 Å². The molecule has 0 fully saturated rings. The second-order valence-electron chi connectivity index (χ2n) is 6.39. The average Bonchev–Trinajstić information content (AvgIpc) is 2.63. The fraction of sp³-hybridized carbons (Fsp3) is 0.190. The molecule has 26 heavy (non-hydrogen) atoms. The Morgan fingerprint density at radius 1 is 1.00 bits per heavy atom. The fourth-order valence-electron chi connectivity index (χ4n) is 3.02. The number of primary amides is 1. The summed E-state index contributed by atoms with van der Waals surface area (Å²) in [5.41, 5.74) is 9.66. The van der Waals surface area contributed by atoms with E-state index in [0.29, 0.717) is 6.42 Å². The Morgan fingerprint density at radius 3 is 2.38 bits per heavy atom. The fourth-order valence-corrected chi connectivity index (χ4v) is 3.02. The smallest absolute Gasteiger partial charge is 0.270 e. The minimum absolute atomic E-state index is 0.261. The summed E-state index contributed by atoms with van der Waals surface area (Å²) >= 11 is 0. The van der Waals surface area contributed by atoms with E-state index >= 15 is 0 Å². The van der Waals surface area contributed by atoms with Crippen LogP contribution in [-0.4, -0.2) is 22.8 Å². The normalized spacial score (nSPS) is 11.9. The summed E-state index contributed by atoms with van der Waals surface area (Å²) in [6.07, 6.45) is 0.354. The number of aryl methyl sites for hydroxylation is 2. The molecule has 0 unspecified atom stereocenters. The molecule has 3 rings (SSSR count). The number of nitrogens with two attached hydrogens (primary N) is 1. The van der Waals surface area contributed by atoms with E-state index in [4.69, 9.17) is 5.73 Å². The van der Waals surface area contributed by atoms with Gasteiger partial charge in [-0.3, -0.25) is 9.59 Å².